The molecule has 4 nitrogen and oxygen atoms in total. The zero-order valence-electron chi connectivity index (χ0n) is 26.3. The van der Waals surface area contributed by atoms with E-state index in [1.165, 1.54) is 141 Å². The zero-order valence-corrected chi connectivity index (χ0v) is 26.3. The Hall–Kier alpha value is -1.06. The van der Waals surface area contributed by atoms with Crippen molar-refractivity contribution >= 4 is 11.8 Å². The molecule has 0 aromatic carbocycles. The molecule has 0 saturated heterocycles. The first kappa shape index (κ1) is 36.9. The molecule has 0 bridgehead atoms. The SMILES string of the molecule is CCCCCCCCCCCCCCN(CCCCCCCCCCCCCC)C(=O)CCC(=O)NCC. The summed E-state index contributed by atoms with van der Waals surface area (Å²) in [7, 11) is 0. The fourth-order valence-electron chi connectivity index (χ4n) is 5.31. The first-order valence-corrected chi connectivity index (χ1v) is 17.2. The Morgan fingerprint density at radius 2 is 0.763 bits per heavy atom. The summed E-state index contributed by atoms with van der Waals surface area (Å²) >= 11 is 0. The standard InChI is InChI=1S/C34H68N2O2/c1-4-7-9-11-13-15-17-19-21-23-25-27-31-36(34(38)30-29-33(37)35-6-3)32-28-26-24-22-20-18-16-14-12-10-8-5-2/h4-32H2,1-3H3,(H,35,37). The number of carbonyl (C=O) groups is 2. The van der Waals surface area contributed by atoms with Crippen molar-refractivity contribution in [1.29, 1.82) is 0 Å². The number of amides is 2. The maximum Gasteiger partial charge on any atom is 0.223 e. The van der Waals surface area contributed by atoms with E-state index in [1.54, 1.807) is 0 Å². The largest absolute Gasteiger partial charge is 0.356 e. The van der Waals surface area contributed by atoms with Crippen LogP contribution >= 0.6 is 0 Å². The van der Waals surface area contributed by atoms with E-state index in [1.807, 2.05) is 6.92 Å². The van der Waals surface area contributed by atoms with Crippen LogP contribution in [-0.4, -0.2) is 36.3 Å². The van der Waals surface area contributed by atoms with Gasteiger partial charge in [0.1, 0.15) is 0 Å². The minimum Gasteiger partial charge on any atom is -0.356 e. The molecular weight excluding hydrogens is 468 g/mol. The molecule has 4 heteroatoms. The third-order valence-electron chi connectivity index (χ3n) is 7.86. The van der Waals surface area contributed by atoms with Gasteiger partial charge in [0.15, 0.2) is 0 Å². The molecule has 0 aromatic heterocycles. The lowest BCUT2D eigenvalue weighted by Crippen LogP contribution is -2.34. The van der Waals surface area contributed by atoms with Gasteiger partial charge >= 0.3 is 0 Å². The zero-order chi connectivity index (χ0) is 27.9. The Balaban J connectivity index is 4.00. The monoisotopic (exact) mass is 537 g/mol. The van der Waals surface area contributed by atoms with E-state index in [9.17, 15) is 9.59 Å². The smallest absolute Gasteiger partial charge is 0.223 e. The van der Waals surface area contributed by atoms with Crippen molar-refractivity contribution in [3.63, 3.8) is 0 Å². The molecule has 0 rings (SSSR count). The maximum atomic E-state index is 12.9. The predicted molar refractivity (Wildman–Crippen MR) is 167 cm³/mol. The highest BCUT2D eigenvalue weighted by Gasteiger charge is 2.14. The average Bonchev–Trinajstić information content (AvgIpc) is 2.91. The molecule has 0 aliphatic carbocycles. The van der Waals surface area contributed by atoms with E-state index in [0.717, 1.165) is 25.9 Å². The first-order valence-electron chi connectivity index (χ1n) is 17.2. The summed E-state index contributed by atoms with van der Waals surface area (Å²) in [6.45, 7) is 8.84. The summed E-state index contributed by atoms with van der Waals surface area (Å²) < 4.78 is 0. The number of nitrogens with one attached hydrogen (secondary N) is 1. The highest BCUT2D eigenvalue weighted by Crippen LogP contribution is 2.14. The van der Waals surface area contributed by atoms with Crippen LogP contribution in [0.5, 0.6) is 0 Å². The molecule has 0 saturated carbocycles. The molecule has 0 fully saturated rings. The second-order valence-electron chi connectivity index (χ2n) is 11.6. The molecule has 2 amide bonds. The topological polar surface area (TPSA) is 49.4 Å². The Labute approximate surface area is 238 Å². The Morgan fingerprint density at radius 1 is 0.447 bits per heavy atom. The molecular formula is C34H68N2O2. The van der Waals surface area contributed by atoms with Gasteiger partial charge in [0.2, 0.25) is 11.8 Å². The Morgan fingerprint density at radius 3 is 1.08 bits per heavy atom. The van der Waals surface area contributed by atoms with Gasteiger partial charge in [0.05, 0.1) is 0 Å². The summed E-state index contributed by atoms with van der Waals surface area (Å²) in [5.74, 6) is 0.166. The molecule has 0 aromatic rings. The normalized spacial score (nSPS) is 11.1. The van der Waals surface area contributed by atoms with Crippen molar-refractivity contribution in [3.8, 4) is 0 Å². The average molecular weight is 537 g/mol. The third-order valence-corrected chi connectivity index (χ3v) is 7.86. The van der Waals surface area contributed by atoms with E-state index in [2.05, 4.69) is 24.1 Å². The lowest BCUT2D eigenvalue weighted by molar-refractivity contribution is -0.133. The number of rotatable bonds is 30. The number of nitrogens with zero attached hydrogens (tertiary/aromatic N) is 1. The van der Waals surface area contributed by atoms with Crippen LogP contribution in [0.2, 0.25) is 0 Å². The minimum atomic E-state index is -0.00322. The van der Waals surface area contributed by atoms with Gasteiger partial charge in [-0.25, -0.2) is 0 Å². The number of hydrogen-bond donors (Lipinski definition) is 1. The van der Waals surface area contributed by atoms with Crippen LogP contribution in [0.3, 0.4) is 0 Å². The molecule has 0 spiro atoms. The fourth-order valence-corrected chi connectivity index (χ4v) is 5.31. The van der Waals surface area contributed by atoms with Crippen LogP contribution in [0.25, 0.3) is 0 Å². The molecule has 1 N–H and O–H groups in total. The molecule has 226 valence electrons. The van der Waals surface area contributed by atoms with Gasteiger partial charge in [-0.2, -0.15) is 0 Å². The summed E-state index contributed by atoms with van der Waals surface area (Å²) in [6, 6.07) is 0. The van der Waals surface area contributed by atoms with Crippen LogP contribution in [0.1, 0.15) is 188 Å². The van der Waals surface area contributed by atoms with Gasteiger partial charge in [-0.1, -0.05) is 155 Å². The van der Waals surface area contributed by atoms with Crippen molar-refractivity contribution in [2.24, 2.45) is 0 Å². The molecule has 0 aliphatic rings. The maximum absolute atomic E-state index is 12.9. The lowest BCUT2D eigenvalue weighted by atomic mass is 10.0. The van der Waals surface area contributed by atoms with Crippen molar-refractivity contribution in [1.82, 2.24) is 10.2 Å². The minimum absolute atomic E-state index is 0.00322. The summed E-state index contributed by atoms with van der Waals surface area (Å²) in [5.41, 5.74) is 0. The van der Waals surface area contributed by atoms with E-state index < -0.39 is 0 Å². The number of unbranched alkanes of at least 4 members (excludes halogenated alkanes) is 22. The first-order chi connectivity index (χ1) is 18.7. The van der Waals surface area contributed by atoms with Gasteiger partial charge in [-0.15, -0.1) is 0 Å². The summed E-state index contributed by atoms with van der Waals surface area (Å²) in [5, 5.41) is 2.82. The second-order valence-corrected chi connectivity index (χ2v) is 11.6. The number of hydrogen-bond acceptors (Lipinski definition) is 2. The van der Waals surface area contributed by atoms with Crippen LogP contribution in [0, 0.1) is 0 Å². The van der Waals surface area contributed by atoms with Gasteiger partial charge < -0.3 is 10.2 Å². The van der Waals surface area contributed by atoms with Gasteiger partial charge in [0.25, 0.3) is 0 Å². The van der Waals surface area contributed by atoms with Crippen molar-refractivity contribution < 1.29 is 9.59 Å². The fraction of sp³-hybridized carbons (Fsp3) is 0.941. The lowest BCUT2D eigenvalue weighted by Gasteiger charge is -2.23. The van der Waals surface area contributed by atoms with Crippen molar-refractivity contribution in [3.05, 3.63) is 0 Å². The molecule has 0 atom stereocenters. The Kier molecular flexibility index (Phi) is 29.6. The highest BCUT2D eigenvalue weighted by molar-refractivity contribution is 5.83. The molecule has 0 heterocycles. The van der Waals surface area contributed by atoms with Crippen molar-refractivity contribution in [2.45, 2.75) is 188 Å². The molecule has 0 unspecified atom stereocenters. The van der Waals surface area contributed by atoms with Crippen LogP contribution in [0.15, 0.2) is 0 Å². The number of carbonyl (C=O) groups excluding carboxylic acids is 2. The van der Waals surface area contributed by atoms with Crippen LogP contribution < -0.4 is 5.32 Å². The molecule has 0 radical (unpaired) electrons. The highest BCUT2D eigenvalue weighted by atomic mass is 16.2. The van der Waals surface area contributed by atoms with E-state index in [-0.39, 0.29) is 11.8 Å². The van der Waals surface area contributed by atoms with E-state index in [4.69, 9.17) is 0 Å². The quantitative estimate of drug-likeness (QED) is 0.0928. The predicted octanol–water partition coefficient (Wildman–Crippen LogP) is 10.1. The van der Waals surface area contributed by atoms with E-state index >= 15 is 0 Å². The van der Waals surface area contributed by atoms with Crippen molar-refractivity contribution in [2.75, 3.05) is 19.6 Å². The summed E-state index contributed by atoms with van der Waals surface area (Å²) in [6.07, 6.45) is 32.7. The second kappa shape index (κ2) is 30.5. The van der Waals surface area contributed by atoms with Gasteiger partial charge in [0, 0.05) is 32.5 Å². The van der Waals surface area contributed by atoms with Gasteiger partial charge in [-0.05, 0) is 19.8 Å². The van der Waals surface area contributed by atoms with Crippen LogP contribution in [0.4, 0.5) is 0 Å². The Bertz CT molecular complexity index is 481. The van der Waals surface area contributed by atoms with Gasteiger partial charge in [-0.3, -0.25) is 9.59 Å². The molecule has 0 aliphatic heterocycles. The van der Waals surface area contributed by atoms with Crippen LogP contribution in [-0.2, 0) is 9.59 Å². The summed E-state index contributed by atoms with van der Waals surface area (Å²) in [4.78, 5) is 26.8. The van der Waals surface area contributed by atoms with E-state index in [0.29, 0.717) is 19.4 Å². The third kappa shape index (κ3) is 26.5. The molecule has 38 heavy (non-hydrogen) atoms.